The molecule has 0 fully saturated rings. The molecule has 0 aliphatic carbocycles. The summed E-state index contributed by atoms with van der Waals surface area (Å²) in [5.41, 5.74) is 2.52. The van der Waals surface area contributed by atoms with Crippen molar-refractivity contribution in [3.8, 4) is 11.4 Å². The fourth-order valence-electron chi connectivity index (χ4n) is 2.12. The summed E-state index contributed by atoms with van der Waals surface area (Å²) in [6, 6.07) is 19.3. The second kappa shape index (κ2) is 6.63. The van der Waals surface area contributed by atoms with Crippen LogP contribution in [0, 0.1) is 0 Å². The Hall–Kier alpha value is -3.01. The van der Waals surface area contributed by atoms with Crippen molar-refractivity contribution in [2.24, 2.45) is 0 Å². The standard InChI is InChI=1S/C18H15N3O/c22-17(11-14-7-3-1-4-8-14)21-16-12-19-18(20-13-16)15-9-5-2-6-10-15/h1-10,12-13H,11H2,(H,21,22). The van der Waals surface area contributed by atoms with Gasteiger partial charge in [0.05, 0.1) is 24.5 Å². The van der Waals surface area contributed by atoms with Crippen LogP contribution in [0.3, 0.4) is 0 Å². The summed E-state index contributed by atoms with van der Waals surface area (Å²) in [7, 11) is 0. The molecule has 1 heterocycles. The molecule has 1 amide bonds. The van der Waals surface area contributed by atoms with E-state index in [1.54, 1.807) is 12.4 Å². The van der Waals surface area contributed by atoms with E-state index in [0.717, 1.165) is 11.1 Å². The molecule has 3 aromatic rings. The normalized spacial score (nSPS) is 10.2. The number of rotatable bonds is 4. The summed E-state index contributed by atoms with van der Waals surface area (Å²) in [5.74, 6) is 0.559. The molecule has 0 unspecified atom stereocenters. The number of nitrogens with one attached hydrogen (secondary N) is 1. The molecule has 4 nitrogen and oxygen atoms in total. The number of carbonyl (C=O) groups excluding carboxylic acids is 1. The van der Waals surface area contributed by atoms with Crippen LogP contribution in [-0.4, -0.2) is 15.9 Å². The number of anilines is 1. The van der Waals surface area contributed by atoms with Crippen LogP contribution in [0.1, 0.15) is 5.56 Å². The first kappa shape index (κ1) is 13.9. The Balaban J connectivity index is 1.65. The molecule has 0 saturated carbocycles. The minimum atomic E-state index is -0.0812. The van der Waals surface area contributed by atoms with Gasteiger partial charge in [-0.2, -0.15) is 0 Å². The Bertz CT molecular complexity index is 740. The van der Waals surface area contributed by atoms with Gasteiger partial charge >= 0.3 is 0 Å². The minimum absolute atomic E-state index is 0.0812. The molecule has 0 radical (unpaired) electrons. The molecule has 1 aromatic heterocycles. The first-order valence-electron chi connectivity index (χ1n) is 7.02. The third kappa shape index (κ3) is 3.55. The monoisotopic (exact) mass is 289 g/mol. The van der Waals surface area contributed by atoms with E-state index < -0.39 is 0 Å². The Labute approximate surface area is 128 Å². The van der Waals surface area contributed by atoms with Crippen molar-refractivity contribution in [3.63, 3.8) is 0 Å². The Morgan fingerprint density at radius 1 is 0.864 bits per heavy atom. The van der Waals surface area contributed by atoms with Gasteiger partial charge in [-0.15, -0.1) is 0 Å². The predicted molar refractivity (Wildman–Crippen MR) is 86.2 cm³/mol. The highest BCUT2D eigenvalue weighted by molar-refractivity contribution is 5.92. The van der Waals surface area contributed by atoms with Crippen LogP contribution in [0.5, 0.6) is 0 Å². The Kier molecular flexibility index (Phi) is 4.20. The van der Waals surface area contributed by atoms with Gasteiger partial charge in [0.2, 0.25) is 5.91 Å². The quantitative estimate of drug-likeness (QED) is 0.801. The van der Waals surface area contributed by atoms with E-state index in [1.807, 2.05) is 60.7 Å². The third-order valence-electron chi connectivity index (χ3n) is 3.18. The number of amides is 1. The highest BCUT2D eigenvalue weighted by Gasteiger charge is 2.05. The molecule has 1 N–H and O–H groups in total. The van der Waals surface area contributed by atoms with Crippen molar-refractivity contribution in [1.82, 2.24) is 9.97 Å². The molecule has 0 saturated heterocycles. The molecular formula is C18H15N3O. The number of carbonyl (C=O) groups is 1. The van der Waals surface area contributed by atoms with Crippen LogP contribution in [-0.2, 0) is 11.2 Å². The molecule has 2 aromatic carbocycles. The number of hydrogen-bond donors (Lipinski definition) is 1. The molecule has 0 atom stereocenters. The third-order valence-corrected chi connectivity index (χ3v) is 3.18. The van der Waals surface area contributed by atoms with Crippen LogP contribution in [0.15, 0.2) is 73.1 Å². The van der Waals surface area contributed by atoms with Crippen molar-refractivity contribution >= 4 is 11.6 Å². The number of benzene rings is 2. The molecule has 0 aliphatic heterocycles. The van der Waals surface area contributed by atoms with Crippen LogP contribution >= 0.6 is 0 Å². The lowest BCUT2D eigenvalue weighted by molar-refractivity contribution is -0.115. The van der Waals surface area contributed by atoms with Gasteiger partial charge in [0.25, 0.3) is 0 Å². The maximum atomic E-state index is 12.0. The lowest BCUT2D eigenvalue weighted by atomic mass is 10.1. The largest absolute Gasteiger partial charge is 0.323 e. The topological polar surface area (TPSA) is 54.9 Å². The van der Waals surface area contributed by atoms with Gasteiger partial charge in [0.1, 0.15) is 0 Å². The van der Waals surface area contributed by atoms with E-state index in [9.17, 15) is 4.79 Å². The van der Waals surface area contributed by atoms with Gasteiger partial charge in [-0.1, -0.05) is 60.7 Å². The maximum absolute atomic E-state index is 12.0. The van der Waals surface area contributed by atoms with Crippen molar-refractivity contribution < 1.29 is 4.79 Å². The summed E-state index contributed by atoms with van der Waals surface area (Å²) in [6.45, 7) is 0. The lowest BCUT2D eigenvalue weighted by Gasteiger charge is -2.05. The van der Waals surface area contributed by atoms with E-state index in [4.69, 9.17) is 0 Å². The molecule has 22 heavy (non-hydrogen) atoms. The van der Waals surface area contributed by atoms with Crippen LogP contribution in [0.2, 0.25) is 0 Å². The molecule has 3 rings (SSSR count). The summed E-state index contributed by atoms with van der Waals surface area (Å²) in [5, 5.41) is 2.81. The maximum Gasteiger partial charge on any atom is 0.228 e. The zero-order valence-corrected chi connectivity index (χ0v) is 11.9. The number of hydrogen-bond acceptors (Lipinski definition) is 3. The van der Waals surface area contributed by atoms with Gasteiger partial charge < -0.3 is 5.32 Å². The zero-order valence-electron chi connectivity index (χ0n) is 11.9. The van der Waals surface area contributed by atoms with E-state index in [1.165, 1.54) is 0 Å². The van der Waals surface area contributed by atoms with Gasteiger partial charge in [0.15, 0.2) is 5.82 Å². The summed E-state index contributed by atoms with van der Waals surface area (Å²) in [6.07, 6.45) is 3.58. The minimum Gasteiger partial charge on any atom is -0.323 e. The zero-order chi connectivity index (χ0) is 15.2. The smallest absolute Gasteiger partial charge is 0.228 e. The number of nitrogens with zero attached hydrogens (tertiary/aromatic N) is 2. The van der Waals surface area contributed by atoms with Crippen molar-refractivity contribution in [3.05, 3.63) is 78.6 Å². The first-order chi connectivity index (χ1) is 10.8. The first-order valence-corrected chi connectivity index (χ1v) is 7.02. The van der Waals surface area contributed by atoms with E-state index in [-0.39, 0.29) is 5.91 Å². The summed E-state index contributed by atoms with van der Waals surface area (Å²) in [4.78, 5) is 20.5. The van der Waals surface area contributed by atoms with Crippen LogP contribution < -0.4 is 5.32 Å². The van der Waals surface area contributed by atoms with E-state index in [2.05, 4.69) is 15.3 Å². The SMILES string of the molecule is O=C(Cc1ccccc1)Nc1cnc(-c2ccccc2)nc1. The fraction of sp³-hybridized carbons (Fsp3) is 0.0556. The number of aromatic nitrogens is 2. The molecule has 0 bridgehead atoms. The Morgan fingerprint density at radius 2 is 1.45 bits per heavy atom. The second-order valence-electron chi connectivity index (χ2n) is 4.87. The van der Waals surface area contributed by atoms with Gasteiger partial charge in [-0.05, 0) is 5.56 Å². The van der Waals surface area contributed by atoms with E-state index >= 15 is 0 Å². The lowest BCUT2D eigenvalue weighted by Crippen LogP contribution is -2.14. The predicted octanol–water partition coefficient (Wildman–Crippen LogP) is 3.32. The van der Waals surface area contributed by atoms with Crippen molar-refractivity contribution in [2.75, 3.05) is 5.32 Å². The van der Waals surface area contributed by atoms with E-state index in [0.29, 0.717) is 17.9 Å². The fourth-order valence-corrected chi connectivity index (χ4v) is 2.12. The van der Waals surface area contributed by atoms with Gasteiger partial charge in [-0.25, -0.2) is 9.97 Å². The molecule has 0 aliphatic rings. The van der Waals surface area contributed by atoms with Gasteiger partial charge in [-0.3, -0.25) is 4.79 Å². The molecule has 0 spiro atoms. The molecule has 108 valence electrons. The van der Waals surface area contributed by atoms with Crippen LogP contribution in [0.4, 0.5) is 5.69 Å². The summed E-state index contributed by atoms with van der Waals surface area (Å²) >= 11 is 0. The average molecular weight is 289 g/mol. The molecule has 4 heteroatoms. The Morgan fingerprint density at radius 3 is 2.09 bits per heavy atom. The molecular weight excluding hydrogens is 274 g/mol. The van der Waals surface area contributed by atoms with Crippen molar-refractivity contribution in [1.29, 1.82) is 0 Å². The average Bonchev–Trinajstić information content (AvgIpc) is 2.57. The van der Waals surface area contributed by atoms with Gasteiger partial charge in [0, 0.05) is 5.56 Å². The highest BCUT2D eigenvalue weighted by Crippen LogP contribution is 2.14. The highest BCUT2D eigenvalue weighted by atomic mass is 16.1. The second-order valence-corrected chi connectivity index (χ2v) is 4.87. The van der Waals surface area contributed by atoms with Crippen molar-refractivity contribution in [2.45, 2.75) is 6.42 Å². The van der Waals surface area contributed by atoms with Crippen LogP contribution in [0.25, 0.3) is 11.4 Å². The summed E-state index contributed by atoms with van der Waals surface area (Å²) < 4.78 is 0.